The molecule has 0 aliphatic carbocycles. The van der Waals surface area contributed by atoms with Crippen molar-refractivity contribution in [3.05, 3.63) is 28.2 Å². The lowest BCUT2D eigenvalue weighted by Gasteiger charge is -2.36. The molecule has 1 aromatic rings. The van der Waals surface area contributed by atoms with Crippen LogP contribution >= 0.6 is 23.2 Å². The second-order valence-corrected chi connectivity index (χ2v) is 5.94. The van der Waals surface area contributed by atoms with Crippen LogP contribution in [0.15, 0.2) is 18.2 Å². The highest BCUT2D eigenvalue weighted by molar-refractivity contribution is 6.42. The number of carbonyl (C=O) groups is 1. The zero-order valence-electron chi connectivity index (χ0n) is 11.4. The van der Waals surface area contributed by atoms with Crippen LogP contribution < -0.4 is 11.1 Å². The maximum Gasteiger partial charge on any atom is 0.321 e. The first-order valence-corrected chi connectivity index (χ1v) is 7.53. The van der Waals surface area contributed by atoms with Crippen molar-refractivity contribution in [2.24, 2.45) is 11.7 Å². The molecule has 1 aliphatic heterocycles. The lowest BCUT2D eigenvalue weighted by molar-refractivity contribution is 0.164. The largest absolute Gasteiger partial charge is 0.327 e. The molecule has 2 unspecified atom stereocenters. The molecular formula is C14H19Cl2N3O. The Hall–Kier alpha value is -0.970. The van der Waals surface area contributed by atoms with Gasteiger partial charge in [-0.1, -0.05) is 36.5 Å². The van der Waals surface area contributed by atoms with Gasteiger partial charge in [-0.25, -0.2) is 4.79 Å². The van der Waals surface area contributed by atoms with E-state index < -0.39 is 0 Å². The van der Waals surface area contributed by atoms with Crippen molar-refractivity contribution in [3.63, 3.8) is 0 Å². The molecule has 4 nitrogen and oxygen atoms in total. The van der Waals surface area contributed by atoms with Crippen LogP contribution in [0.25, 0.3) is 0 Å². The number of halogens is 2. The summed E-state index contributed by atoms with van der Waals surface area (Å²) >= 11 is 11.8. The fraction of sp³-hybridized carbons (Fsp3) is 0.500. The first-order valence-electron chi connectivity index (χ1n) is 6.77. The van der Waals surface area contributed by atoms with E-state index in [0.717, 1.165) is 12.8 Å². The minimum absolute atomic E-state index is 0.117. The standard InChI is InChI=1S/C14H19Cl2N3O/c1-2-9-8-19(6-5-13(9)17)14(20)18-10-3-4-11(15)12(16)7-10/h3-4,7,9,13H,2,5-6,8,17H2,1H3,(H,18,20). The van der Waals surface area contributed by atoms with Gasteiger partial charge in [0.2, 0.25) is 0 Å². The number of urea groups is 1. The summed E-state index contributed by atoms with van der Waals surface area (Å²) in [7, 11) is 0. The lowest BCUT2D eigenvalue weighted by atomic mass is 9.91. The van der Waals surface area contributed by atoms with Gasteiger partial charge in [-0.3, -0.25) is 0 Å². The number of hydrogen-bond donors (Lipinski definition) is 2. The van der Waals surface area contributed by atoms with Gasteiger partial charge in [0, 0.05) is 24.8 Å². The second kappa shape index (κ2) is 6.66. The van der Waals surface area contributed by atoms with E-state index in [0.29, 0.717) is 34.7 Å². The third kappa shape index (κ3) is 3.57. The topological polar surface area (TPSA) is 58.4 Å². The number of rotatable bonds is 2. The van der Waals surface area contributed by atoms with Gasteiger partial charge in [0.1, 0.15) is 0 Å². The summed E-state index contributed by atoms with van der Waals surface area (Å²) < 4.78 is 0. The third-order valence-electron chi connectivity index (χ3n) is 3.78. The molecule has 20 heavy (non-hydrogen) atoms. The summed E-state index contributed by atoms with van der Waals surface area (Å²) in [6.07, 6.45) is 1.82. The van der Waals surface area contributed by atoms with Crippen LogP contribution in [0.2, 0.25) is 10.0 Å². The first-order chi connectivity index (χ1) is 9.51. The molecule has 1 saturated heterocycles. The van der Waals surface area contributed by atoms with Gasteiger partial charge in [0.05, 0.1) is 10.0 Å². The highest BCUT2D eigenvalue weighted by Gasteiger charge is 2.28. The number of amides is 2. The van der Waals surface area contributed by atoms with E-state index in [1.807, 2.05) is 0 Å². The molecule has 0 bridgehead atoms. The van der Waals surface area contributed by atoms with Gasteiger partial charge in [0.15, 0.2) is 0 Å². The second-order valence-electron chi connectivity index (χ2n) is 5.13. The molecule has 1 aromatic carbocycles. The van der Waals surface area contributed by atoms with E-state index in [1.54, 1.807) is 23.1 Å². The number of nitrogens with one attached hydrogen (secondary N) is 1. The molecular weight excluding hydrogens is 297 g/mol. The minimum atomic E-state index is -0.117. The molecule has 2 rings (SSSR count). The Bertz CT molecular complexity index is 495. The van der Waals surface area contributed by atoms with Gasteiger partial charge < -0.3 is 16.0 Å². The molecule has 3 N–H and O–H groups in total. The molecule has 0 aromatic heterocycles. The highest BCUT2D eigenvalue weighted by Crippen LogP contribution is 2.25. The zero-order chi connectivity index (χ0) is 14.7. The van der Waals surface area contributed by atoms with Gasteiger partial charge in [-0.15, -0.1) is 0 Å². The van der Waals surface area contributed by atoms with Crippen LogP contribution in [-0.4, -0.2) is 30.1 Å². The molecule has 0 spiro atoms. The van der Waals surface area contributed by atoms with E-state index in [4.69, 9.17) is 28.9 Å². The fourth-order valence-corrected chi connectivity index (χ4v) is 2.74. The number of nitrogens with two attached hydrogens (primary N) is 1. The number of anilines is 1. The third-order valence-corrected chi connectivity index (χ3v) is 4.51. The van der Waals surface area contributed by atoms with Crippen molar-refractivity contribution in [1.82, 2.24) is 4.90 Å². The van der Waals surface area contributed by atoms with Crippen LogP contribution in [0, 0.1) is 5.92 Å². The van der Waals surface area contributed by atoms with E-state index in [9.17, 15) is 4.79 Å². The smallest absolute Gasteiger partial charge is 0.321 e. The van der Waals surface area contributed by atoms with Gasteiger partial charge in [-0.05, 0) is 30.5 Å². The van der Waals surface area contributed by atoms with E-state index in [-0.39, 0.29) is 12.1 Å². The average molecular weight is 316 g/mol. The first kappa shape index (κ1) is 15.4. The Morgan fingerprint density at radius 3 is 2.85 bits per heavy atom. The predicted molar refractivity (Wildman–Crippen MR) is 83.4 cm³/mol. The summed E-state index contributed by atoms with van der Waals surface area (Å²) in [5.41, 5.74) is 6.70. The Balaban J connectivity index is 1.99. The van der Waals surface area contributed by atoms with Crippen LogP contribution in [0.4, 0.5) is 10.5 Å². The molecule has 1 fully saturated rings. The molecule has 2 amide bonds. The molecule has 2 atom stereocenters. The van der Waals surface area contributed by atoms with Gasteiger partial charge >= 0.3 is 6.03 Å². The number of carbonyl (C=O) groups excluding carboxylic acids is 1. The summed E-state index contributed by atoms with van der Waals surface area (Å²) in [5.74, 6) is 0.364. The highest BCUT2D eigenvalue weighted by atomic mass is 35.5. The van der Waals surface area contributed by atoms with Crippen LogP contribution in [-0.2, 0) is 0 Å². The predicted octanol–water partition coefficient (Wildman–Crippen LogP) is 3.58. The molecule has 110 valence electrons. The SMILES string of the molecule is CCC1CN(C(=O)Nc2ccc(Cl)c(Cl)c2)CCC1N. The molecule has 1 heterocycles. The Morgan fingerprint density at radius 1 is 1.45 bits per heavy atom. The van der Waals surface area contributed by atoms with Crippen molar-refractivity contribution < 1.29 is 4.79 Å². The van der Waals surface area contributed by atoms with Crippen LogP contribution in [0.3, 0.4) is 0 Å². The number of piperidine rings is 1. The van der Waals surface area contributed by atoms with Crippen LogP contribution in [0.5, 0.6) is 0 Å². The molecule has 1 aliphatic rings. The molecule has 0 radical (unpaired) electrons. The van der Waals surface area contributed by atoms with E-state index >= 15 is 0 Å². The fourth-order valence-electron chi connectivity index (χ4n) is 2.44. The number of hydrogen-bond acceptors (Lipinski definition) is 2. The van der Waals surface area contributed by atoms with Crippen molar-refractivity contribution in [2.75, 3.05) is 18.4 Å². The van der Waals surface area contributed by atoms with Crippen molar-refractivity contribution in [3.8, 4) is 0 Å². The Morgan fingerprint density at radius 2 is 2.20 bits per heavy atom. The maximum absolute atomic E-state index is 12.2. The minimum Gasteiger partial charge on any atom is -0.327 e. The van der Waals surface area contributed by atoms with Crippen molar-refractivity contribution in [2.45, 2.75) is 25.8 Å². The van der Waals surface area contributed by atoms with Crippen LogP contribution in [0.1, 0.15) is 19.8 Å². The Kier molecular flexibility index (Phi) is 5.13. The van der Waals surface area contributed by atoms with E-state index in [2.05, 4.69) is 12.2 Å². The van der Waals surface area contributed by atoms with Crippen molar-refractivity contribution in [1.29, 1.82) is 0 Å². The summed E-state index contributed by atoms with van der Waals surface area (Å²) in [6.45, 7) is 3.49. The zero-order valence-corrected chi connectivity index (χ0v) is 12.9. The summed E-state index contributed by atoms with van der Waals surface area (Å²) in [4.78, 5) is 14.0. The summed E-state index contributed by atoms with van der Waals surface area (Å²) in [6, 6.07) is 5.12. The van der Waals surface area contributed by atoms with Gasteiger partial charge in [0.25, 0.3) is 0 Å². The summed E-state index contributed by atoms with van der Waals surface area (Å²) in [5, 5.41) is 3.74. The number of likely N-dealkylation sites (tertiary alicyclic amines) is 1. The average Bonchev–Trinajstić information content (AvgIpc) is 2.43. The molecule has 6 heteroatoms. The van der Waals surface area contributed by atoms with E-state index in [1.165, 1.54) is 0 Å². The number of benzene rings is 1. The lowest BCUT2D eigenvalue weighted by Crippen LogP contribution is -2.50. The maximum atomic E-state index is 12.2. The quantitative estimate of drug-likeness (QED) is 0.876. The monoisotopic (exact) mass is 315 g/mol. The van der Waals surface area contributed by atoms with Crippen molar-refractivity contribution >= 4 is 34.9 Å². The van der Waals surface area contributed by atoms with Gasteiger partial charge in [-0.2, -0.15) is 0 Å². The molecule has 0 saturated carbocycles. The number of nitrogens with zero attached hydrogens (tertiary/aromatic N) is 1. The Labute approximate surface area is 129 Å². The normalized spacial score (nSPS) is 22.7.